The van der Waals surface area contributed by atoms with Gasteiger partial charge < -0.3 is 10.6 Å². The van der Waals surface area contributed by atoms with Crippen molar-refractivity contribution in [1.29, 1.82) is 0 Å². The summed E-state index contributed by atoms with van der Waals surface area (Å²) in [4.78, 5) is 26.7. The first kappa shape index (κ1) is 19.9. The summed E-state index contributed by atoms with van der Waals surface area (Å²) >= 11 is 7.50. The fourth-order valence-corrected chi connectivity index (χ4v) is 4.12. The highest BCUT2D eigenvalue weighted by atomic mass is 35.5. The monoisotopic (exact) mass is 405 g/mol. The van der Waals surface area contributed by atoms with Crippen LogP contribution in [0.3, 0.4) is 0 Å². The van der Waals surface area contributed by atoms with Crippen LogP contribution in [0.15, 0.2) is 41.1 Å². The van der Waals surface area contributed by atoms with Crippen LogP contribution < -0.4 is 10.6 Å². The van der Waals surface area contributed by atoms with Gasteiger partial charge in [-0.3, -0.25) is 14.5 Å². The van der Waals surface area contributed by atoms with Crippen molar-refractivity contribution in [2.24, 2.45) is 0 Å². The molecule has 144 valence electrons. The molecule has 2 heterocycles. The van der Waals surface area contributed by atoms with Crippen LogP contribution in [-0.4, -0.2) is 36.3 Å². The summed E-state index contributed by atoms with van der Waals surface area (Å²) in [6.45, 7) is 2.78. The minimum Gasteiger partial charge on any atom is -0.346 e. The van der Waals surface area contributed by atoms with Gasteiger partial charge in [0.2, 0.25) is 0 Å². The Balaban J connectivity index is 1.52. The van der Waals surface area contributed by atoms with Gasteiger partial charge in [-0.2, -0.15) is 11.3 Å². The fraction of sp³-hybridized carbons (Fsp3) is 0.400. The predicted octanol–water partition coefficient (Wildman–Crippen LogP) is 3.36. The largest absolute Gasteiger partial charge is 0.346 e. The van der Waals surface area contributed by atoms with E-state index in [9.17, 15) is 9.59 Å². The third-order valence-corrected chi connectivity index (χ3v) is 5.74. The molecule has 0 bridgehead atoms. The molecule has 0 saturated carbocycles. The van der Waals surface area contributed by atoms with Crippen molar-refractivity contribution in [3.8, 4) is 0 Å². The molecule has 0 spiro atoms. The molecule has 1 aliphatic heterocycles. The second-order valence-corrected chi connectivity index (χ2v) is 7.90. The Labute approximate surface area is 168 Å². The lowest BCUT2D eigenvalue weighted by Crippen LogP contribution is -2.45. The van der Waals surface area contributed by atoms with E-state index in [1.807, 2.05) is 17.5 Å². The van der Waals surface area contributed by atoms with Gasteiger partial charge in [0.25, 0.3) is 0 Å². The van der Waals surface area contributed by atoms with E-state index >= 15 is 0 Å². The SMILES string of the molecule is O=C(NCc1ccc(Cl)cc1)C(=O)NCC(c1ccsc1)N1CCCCC1. The van der Waals surface area contributed by atoms with Gasteiger partial charge in [0.15, 0.2) is 0 Å². The number of nitrogens with zero attached hydrogens (tertiary/aromatic N) is 1. The number of amides is 2. The minimum atomic E-state index is -0.618. The summed E-state index contributed by atoms with van der Waals surface area (Å²) in [5.74, 6) is -1.21. The second-order valence-electron chi connectivity index (χ2n) is 6.69. The van der Waals surface area contributed by atoms with Crippen molar-refractivity contribution in [2.45, 2.75) is 31.8 Å². The van der Waals surface area contributed by atoms with E-state index in [1.54, 1.807) is 23.5 Å². The van der Waals surface area contributed by atoms with E-state index in [-0.39, 0.29) is 6.04 Å². The van der Waals surface area contributed by atoms with Crippen LogP contribution in [0.4, 0.5) is 0 Å². The lowest BCUT2D eigenvalue weighted by atomic mass is 10.0. The minimum absolute atomic E-state index is 0.115. The lowest BCUT2D eigenvalue weighted by Gasteiger charge is -2.34. The molecular formula is C20H24ClN3O2S. The smallest absolute Gasteiger partial charge is 0.309 e. The molecule has 3 rings (SSSR count). The van der Waals surface area contributed by atoms with Crippen molar-refractivity contribution < 1.29 is 9.59 Å². The molecule has 0 radical (unpaired) electrons. The average Bonchev–Trinajstić information content (AvgIpc) is 3.22. The van der Waals surface area contributed by atoms with Crippen LogP contribution in [0.25, 0.3) is 0 Å². The summed E-state index contributed by atoms with van der Waals surface area (Å²) < 4.78 is 0. The highest BCUT2D eigenvalue weighted by Gasteiger charge is 2.24. The zero-order valence-electron chi connectivity index (χ0n) is 15.1. The molecule has 0 aliphatic carbocycles. The van der Waals surface area contributed by atoms with Gasteiger partial charge in [0, 0.05) is 18.1 Å². The number of halogens is 1. The molecule has 2 aromatic rings. The van der Waals surface area contributed by atoms with Gasteiger partial charge in [-0.25, -0.2) is 0 Å². The molecule has 2 amide bonds. The molecule has 1 atom stereocenters. The van der Waals surface area contributed by atoms with Gasteiger partial charge in [0.1, 0.15) is 0 Å². The predicted molar refractivity (Wildman–Crippen MR) is 109 cm³/mol. The van der Waals surface area contributed by atoms with Crippen LogP contribution >= 0.6 is 22.9 Å². The number of likely N-dealkylation sites (tertiary alicyclic amines) is 1. The maximum absolute atomic E-state index is 12.2. The van der Waals surface area contributed by atoms with Crippen LogP contribution in [0, 0.1) is 0 Å². The molecule has 1 aromatic carbocycles. The Morgan fingerprint density at radius 1 is 1.04 bits per heavy atom. The number of carbonyl (C=O) groups is 2. The third-order valence-electron chi connectivity index (χ3n) is 4.79. The number of hydrogen-bond acceptors (Lipinski definition) is 4. The van der Waals surface area contributed by atoms with Crippen LogP contribution in [0.1, 0.15) is 36.4 Å². The highest BCUT2D eigenvalue weighted by molar-refractivity contribution is 7.08. The number of nitrogens with one attached hydrogen (secondary N) is 2. The number of benzene rings is 1. The first-order valence-electron chi connectivity index (χ1n) is 9.20. The van der Waals surface area contributed by atoms with Crippen LogP contribution in [-0.2, 0) is 16.1 Å². The van der Waals surface area contributed by atoms with Crippen molar-refractivity contribution in [2.75, 3.05) is 19.6 Å². The summed E-state index contributed by atoms with van der Waals surface area (Å²) in [6.07, 6.45) is 3.61. The Bertz CT molecular complexity index is 743. The van der Waals surface area contributed by atoms with Gasteiger partial charge in [-0.1, -0.05) is 30.2 Å². The highest BCUT2D eigenvalue weighted by Crippen LogP contribution is 2.25. The van der Waals surface area contributed by atoms with Crippen LogP contribution in [0.5, 0.6) is 0 Å². The second kappa shape index (κ2) is 9.88. The van der Waals surface area contributed by atoms with Crippen molar-refractivity contribution in [1.82, 2.24) is 15.5 Å². The first-order valence-corrected chi connectivity index (χ1v) is 10.5. The number of hydrogen-bond donors (Lipinski definition) is 2. The average molecular weight is 406 g/mol. The topological polar surface area (TPSA) is 61.4 Å². The summed E-state index contributed by atoms with van der Waals surface area (Å²) in [6, 6.07) is 9.37. The van der Waals surface area contributed by atoms with Gasteiger partial charge >= 0.3 is 11.8 Å². The maximum Gasteiger partial charge on any atom is 0.309 e. The van der Waals surface area contributed by atoms with Crippen LogP contribution in [0.2, 0.25) is 5.02 Å². The fourth-order valence-electron chi connectivity index (χ4n) is 3.29. The zero-order chi connectivity index (χ0) is 19.1. The van der Waals surface area contributed by atoms with E-state index in [0.29, 0.717) is 18.1 Å². The summed E-state index contributed by atoms with van der Waals surface area (Å²) in [5.41, 5.74) is 2.09. The normalized spacial score (nSPS) is 15.9. The summed E-state index contributed by atoms with van der Waals surface area (Å²) in [5, 5.41) is 10.3. The first-order chi connectivity index (χ1) is 13.1. The standard InChI is InChI=1S/C20H24ClN3O2S/c21-17-6-4-15(5-7-17)12-22-19(25)20(26)23-13-18(16-8-11-27-14-16)24-9-2-1-3-10-24/h4-8,11,14,18H,1-3,9-10,12-13H2,(H,22,25)(H,23,26). The van der Waals surface area contributed by atoms with E-state index in [0.717, 1.165) is 18.7 Å². The number of carbonyl (C=O) groups excluding carboxylic acids is 2. The van der Waals surface area contributed by atoms with Gasteiger partial charge in [0.05, 0.1) is 6.04 Å². The Kier molecular flexibility index (Phi) is 7.26. The van der Waals surface area contributed by atoms with Gasteiger partial charge in [-0.15, -0.1) is 0 Å². The Hall–Kier alpha value is -1.89. The Morgan fingerprint density at radius 2 is 1.74 bits per heavy atom. The zero-order valence-corrected chi connectivity index (χ0v) is 16.7. The lowest BCUT2D eigenvalue weighted by molar-refractivity contribution is -0.139. The van der Waals surface area contributed by atoms with E-state index in [1.165, 1.54) is 24.8 Å². The molecule has 1 saturated heterocycles. The van der Waals surface area contributed by atoms with Crippen molar-refractivity contribution in [3.63, 3.8) is 0 Å². The molecule has 1 aliphatic rings. The molecule has 7 heteroatoms. The molecule has 27 heavy (non-hydrogen) atoms. The third kappa shape index (κ3) is 5.79. The molecule has 1 aromatic heterocycles. The van der Waals surface area contributed by atoms with Crippen molar-refractivity contribution >= 4 is 34.8 Å². The molecule has 1 unspecified atom stereocenters. The van der Waals surface area contributed by atoms with Crippen molar-refractivity contribution in [3.05, 3.63) is 57.2 Å². The maximum atomic E-state index is 12.2. The quantitative estimate of drug-likeness (QED) is 0.724. The molecular weight excluding hydrogens is 382 g/mol. The van der Waals surface area contributed by atoms with E-state index in [4.69, 9.17) is 11.6 Å². The Morgan fingerprint density at radius 3 is 2.41 bits per heavy atom. The number of thiophene rings is 1. The summed E-state index contributed by atoms with van der Waals surface area (Å²) in [7, 11) is 0. The number of piperidine rings is 1. The molecule has 5 nitrogen and oxygen atoms in total. The molecule has 2 N–H and O–H groups in total. The van der Waals surface area contributed by atoms with E-state index in [2.05, 4.69) is 27.0 Å². The van der Waals surface area contributed by atoms with Gasteiger partial charge in [-0.05, 0) is 66.0 Å². The van der Waals surface area contributed by atoms with E-state index < -0.39 is 11.8 Å². The number of rotatable bonds is 6. The molecule has 1 fully saturated rings.